The molecule has 0 aliphatic carbocycles. The average Bonchev–Trinajstić information content (AvgIpc) is 3.15. The summed E-state index contributed by atoms with van der Waals surface area (Å²) in [7, 11) is 1.33. The zero-order valence-corrected chi connectivity index (χ0v) is 18.8. The van der Waals surface area contributed by atoms with E-state index in [1.807, 2.05) is 0 Å². The maximum atomic E-state index is 13.6. The molecular weight excluding hydrogens is 489 g/mol. The Hall–Kier alpha value is -3.87. The van der Waals surface area contributed by atoms with Crippen LogP contribution in [0, 0.1) is 5.41 Å². The lowest BCUT2D eigenvalue weighted by molar-refractivity contribution is -0.136. The number of fused-ring (bicyclic) bond motifs is 1. The van der Waals surface area contributed by atoms with Gasteiger partial charge in [0.15, 0.2) is 6.29 Å². The third-order valence-corrected chi connectivity index (χ3v) is 6.13. The van der Waals surface area contributed by atoms with Gasteiger partial charge in [-0.15, -0.1) is 0 Å². The van der Waals surface area contributed by atoms with Crippen LogP contribution in [0.3, 0.4) is 0 Å². The first-order valence-electron chi connectivity index (χ1n) is 10.6. The van der Waals surface area contributed by atoms with Crippen molar-refractivity contribution in [3.63, 3.8) is 0 Å². The molecule has 1 saturated heterocycles. The molecule has 3 aromatic rings. The molecule has 1 N–H and O–H groups in total. The zero-order chi connectivity index (χ0) is 26.3. The van der Waals surface area contributed by atoms with E-state index in [2.05, 4.69) is 4.99 Å². The largest absolute Gasteiger partial charge is 0.418 e. The summed E-state index contributed by atoms with van der Waals surface area (Å²) in [4.78, 5) is 28.5. The van der Waals surface area contributed by atoms with Gasteiger partial charge in [0.25, 0.3) is 0 Å². The molecule has 1 aliphatic rings. The lowest BCUT2D eigenvalue weighted by Gasteiger charge is -2.43. The van der Waals surface area contributed by atoms with E-state index in [1.54, 1.807) is 18.2 Å². The molecule has 0 saturated carbocycles. The van der Waals surface area contributed by atoms with Crippen LogP contribution in [0.5, 0.6) is 0 Å². The molecule has 1 aromatic carbocycles. The second-order valence-corrected chi connectivity index (χ2v) is 8.29. The number of carbonyl (C=O) groups excluding carboxylic acids is 1. The van der Waals surface area contributed by atoms with E-state index in [9.17, 15) is 31.5 Å². The van der Waals surface area contributed by atoms with Gasteiger partial charge in [-0.25, -0.2) is 4.79 Å². The van der Waals surface area contributed by atoms with Crippen LogP contribution in [0.25, 0.3) is 11.2 Å². The number of imidazole rings is 1. The van der Waals surface area contributed by atoms with Gasteiger partial charge in [0.05, 0.1) is 36.3 Å². The Labute approximate surface area is 200 Å². The number of ether oxygens (including phenoxy) is 1. The van der Waals surface area contributed by atoms with Crippen molar-refractivity contribution in [2.45, 2.75) is 24.6 Å². The summed E-state index contributed by atoms with van der Waals surface area (Å²) in [6.45, 7) is -2.67. The molecule has 0 atom stereocenters. The van der Waals surface area contributed by atoms with Gasteiger partial charge in [0.1, 0.15) is 5.84 Å². The number of aliphatic imine (C=N–C) groups is 1. The van der Waals surface area contributed by atoms with Crippen molar-refractivity contribution in [3.8, 4) is 5.69 Å². The number of nitrogens with one attached hydrogen (secondary N) is 1. The van der Waals surface area contributed by atoms with E-state index >= 15 is 0 Å². The van der Waals surface area contributed by atoms with E-state index in [0.29, 0.717) is 22.9 Å². The number of benzene rings is 1. The maximum Gasteiger partial charge on any atom is 0.418 e. The van der Waals surface area contributed by atoms with Gasteiger partial charge in [-0.05, 0) is 23.8 Å². The van der Waals surface area contributed by atoms with Crippen molar-refractivity contribution in [3.05, 3.63) is 69.9 Å². The van der Waals surface area contributed by atoms with E-state index in [1.165, 1.54) is 13.1 Å². The van der Waals surface area contributed by atoms with E-state index in [4.69, 9.17) is 10.1 Å². The predicted octanol–water partition coefficient (Wildman–Crippen LogP) is 3.74. The summed E-state index contributed by atoms with van der Waals surface area (Å²) in [5.41, 5.74) is -2.66. The molecular formula is C23H20F5N5O3. The minimum atomic E-state index is -4.81. The molecule has 13 heteroatoms. The Balaban J connectivity index is 1.80. The molecule has 0 bridgehead atoms. The summed E-state index contributed by atoms with van der Waals surface area (Å²) in [6, 6.07) is 7.05. The Morgan fingerprint density at radius 3 is 2.53 bits per heavy atom. The number of pyridine rings is 1. The first kappa shape index (κ1) is 25.2. The smallest absolute Gasteiger partial charge is 0.379 e. The Kier molecular flexibility index (Phi) is 6.52. The van der Waals surface area contributed by atoms with Crippen LogP contribution in [0.4, 0.5) is 22.0 Å². The summed E-state index contributed by atoms with van der Waals surface area (Å²) in [5, 5.41) is 7.29. The molecule has 190 valence electrons. The number of nitrogens with zero attached hydrogens (tertiary/aromatic N) is 4. The van der Waals surface area contributed by atoms with Crippen LogP contribution in [0.2, 0.25) is 0 Å². The number of aromatic nitrogens is 2. The molecule has 8 nitrogen and oxygen atoms in total. The quantitative estimate of drug-likeness (QED) is 0.173. The highest BCUT2D eigenvalue weighted by atomic mass is 19.4. The number of amidine groups is 1. The highest BCUT2D eigenvalue weighted by Gasteiger charge is 2.43. The SMILES string of the molecule is CN=C(CC1(c2cccc(-n3cc4c(C(F)(F)F)cc(C=O)cn4c3=O)c2)COC1)N(C=N)C(F)F. The first-order chi connectivity index (χ1) is 17.0. The van der Waals surface area contributed by atoms with Crippen molar-refractivity contribution in [1.29, 1.82) is 5.41 Å². The number of hydrogen-bond donors (Lipinski definition) is 1. The first-order valence-corrected chi connectivity index (χ1v) is 10.6. The van der Waals surface area contributed by atoms with Gasteiger partial charge in [0.2, 0.25) is 0 Å². The van der Waals surface area contributed by atoms with Gasteiger partial charge in [-0.2, -0.15) is 22.0 Å². The molecule has 2 aromatic heterocycles. The van der Waals surface area contributed by atoms with E-state index < -0.39 is 34.9 Å². The number of alkyl halides is 5. The molecule has 0 amide bonds. The average molecular weight is 509 g/mol. The maximum absolute atomic E-state index is 13.6. The minimum Gasteiger partial charge on any atom is -0.379 e. The zero-order valence-electron chi connectivity index (χ0n) is 18.8. The van der Waals surface area contributed by atoms with Crippen molar-refractivity contribution in [1.82, 2.24) is 13.9 Å². The van der Waals surface area contributed by atoms with Crippen LogP contribution in [-0.2, 0) is 16.3 Å². The summed E-state index contributed by atoms with van der Waals surface area (Å²) in [6.07, 6.45) is -2.03. The molecule has 0 unspecified atom stereocenters. The number of hydrogen-bond acceptors (Lipinski definition) is 5. The highest BCUT2D eigenvalue weighted by molar-refractivity contribution is 5.92. The molecule has 0 radical (unpaired) electrons. The Bertz CT molecular complexity index is 1410. The third kappa shape index (κ3) is 4.30. The van der Waals surface area contributed by atoms with Gasteiger partial charge in [0, 0.05) is 36.8 Å². The monoisotopic (exact) mass is 509 g/mol. The lowest BCUT2D eigenvalue weighted by atomic mass is 9.75. The second-order valence-electron chi connectivity index (χ2n) is 8.29. The van der Waals surface area contributed by atoms with Gasteiger partial charge >= 0.3 is 18.4 Å². The Morgan fingerprint density at radius 1 is 1.28 bits per heavy atom. The molecule has 4 rings (SSSR count). The fourth-order valence-corrected chi connectivity index (χ4v) is 4.22. The van der Waals surface area contributed by atoms with Gasteiger partial charge in [-0.1, -0.05) is 12.1 Å². The van der Waals surface area contributed by atoms with E-state index in [-0.39, 0.29) is 43.0 Å². The number of halogens is 5. The molecule has 0 spiro atoms. The summed E-state index contributed by atoms with van der Waals surface area (Å²) in [5.74, 6) is -0.0447. The van der Waals surface area contributed by atoms with Crippen LogP contribution in [-0.4, -0.2) is 59.1 Å². The molecule has 3 heterocycles. The standard InChI is InChI=1S/C23H20F5N5O3/c1-30-19(33(13-29)20(24)25)7-22(11-36-12-22)15-3-2-4-16(6-15)31-9-18-17(23(26,27)28)5-14(10-34)8-32(18)21(31)35/h2-6,8-10,13,20,29H,7,11-12H2,1H3. The summed E-state index contributed by atoms with van der Waals surface area (Å²) < 4.78 is 74.7. The van der Waals surface area contributed by atoms with Crippen LogP contribution >= 0.6 is 0 Å². The highest BCUT2D eigenvalue weighted by Crippen LogP contribution is 2.38. The van der Waals surface area contributed by atoms with Crippen molar-refractivity contribution in [2.24, 2.45) is 4.99 Å². The minimum absolute atomic E-state index is 0.000224. The van der Waals surface area contributed by atoms with E-state index in [0.717, 1.165) is 21.4 Å². The summed E-state index contributed by atoms with van der Waals surface area (Å²) >= 11 is 0. The lowest BCUT2D eigenvalue weighted by Crippen LogP contribution is -2.51. The fraction of sp³-hybridized carbons (Fsp3) is 0.304. The predicted molar refractivity (Wildman–Crippen MR) is 120 cm³/mol. The van der Waals surface area contributed by atoms with Crippen LogP contribution in [0.1, 0.15) is 27.9 Å². The second kappa shape index (κ2) is 9.30. The molecule has 36 heavy (non-hydrogen) atoms. The van der Waals surface area contributed by atoms with Crippen molar-refractivity contribution < 1.29 is 31.5 Å². The van der Waals surface area contributed by atoms with Crippen LogP contribution in [0.15, 0.2) is 52.5 Å². The normalized spacial score (nSPS) is 15.7. The topological polar surface area (TPSA) is 92.2 Å². The fourth-order valence-electron chi connectivity index (χ4n) is 4.22. The number of carbonyl (C=O) groups is 1. The third-order valence-electron chi connectivity index (χ3n) is 6.13. The number of aldehydes is 1. The Morgan fingerprint density at radius 2 is 2.00 bits per heavy atom. The van der Waals surface area contributed by atoms with Crippen LogP contribution < -0.4 is 5.69 Å². The van der Waals surface area contributed by atoms with Gasteiger partial charge < -0.3 is 4.74 Å². The van der Waals surface area contributed by atoms with Gasteiger partial charge in [-0.3, -0.25) is 29.1 Å². The van der Waals surface area contributed by atoms with Crippen molar-refractivity contribution >= 4 is 24.0 Å². The molecule has 1 aliphatic heterocycles. The van der Waals surface area contributed by atoms with Crippen molar-refractivity contribution in [2.75, 3.05) is 20.3 Å². The molecule has 1 fully saturated rings. The number of rotatable bonds is 7.